The van der Waals surface area contributed by atoms with E-state index in [0.29, 0.717) is 23.7 Å². The molecule has 0 saturated heterocycles. The molecule has 0 radical (unpaired) electrons. The number of aliphatic hydroxyl groups excluding tert-OH is 1. The Labute approximate surface area is 134 Å². The van der Waals surface area contributed by atoms with Crippen molar-refractivity contribution in [2.24, 2.45) is 33.5 Å². The van der Waals surface area contributed by atoms with E-state index < -0.39 is 6.10 Å². The van der Waals surface area contributed by atoms with E-state index in [1.807, 2.05) is 0 Å². The molecule has 122 valence electrons. The fourth-order valence-electron chi connectivity index (χ4n) is 7.25. The summed E-state index contributed by atoms with van der Waals surface area (Å²) in [5.74, 6) is 0.988. The van der Waals surface area contributed by atoms with Gasteiger partial charge < -0.3 is 5.11 Å². The minimum absolute atomic E-state index is 0.0623. The highest BCUT2D eigenvalue weighted by Crippen LogP contribution is 2.70. The van der Waals surface area contributed by atoms with E-state index in [4.69, 9.17) is 0 Å². The number of Topliss-reactive ketones (excluding diaryl/α,β-unsaturated/α-hetero) is 1. The van der Waals surface area contributed by atoms with Gasteiger partial charge in [0.05, 0.1) is 0 Å². The second kappa shape index (κ2) is 4.06. The van der Waals surface area contributed by atoms with Crippen LogP contribution >= 0.6 is 0 Å². The maximum atomic E-state index is 13.1. The molecule has 2 nitrogen and oxygen atoms in total. The SMILES string of the molecule is CC1(C)C[C@@H](O)C(=O)[C@]2(C)[C@@H]1CC[C@@]13C=C[C@@](C)(CC[C@H]12)C3. The molecular formula is C20H30O2. The number of hydrogen-bond donors (Lipinski definition) is 1. The van der Waals surface area contributed by atoms with Crippen LogP contribution in [-0.2, 0) is 4.79 Å². The number of fused-ring (bicyclic) bond motifs is 3. The molecular weight excluding hydrogens is 272 g/mol. The van der Waals surface area contributed by atoms with Crippen LogP contribution in [0.2, 0.25) is 0 Å². The summed E-state index contributed by atoms with van der Waals surface area (Å²) in [7, 11) is 0. The molecule has 2 heteroatoms. The Hall–Kier alpha value is -0.630. The molecule has 0 aromatic carbocycles. The monoisotopic (exact) mass is 302 g/mol. The second-order valence-electron chi connectivity index (χ2n) is 9.94. The molecule has 6 atom stereocenters. The number of carbonyl (C=O) groups excluding carboxylic acids is 1. The first-order chi connectivity index (χ1) is 10.1. The summed E-state index contributed by atoms with van der Waals surface area (Å²) in [6, 6.07) is 0. The molecule has 22 heavy (non-hydrogen) atoms. The van der Waals surface area contributed by atoms with Crippen molar-refractivity contribution in [1.29, 1.82) is 0 Å². The van der Waals surface area contributed by atoms with Crippen LogP contribution in [0.25, 0.3) is 0 Å². The highest BCUT2D eigenvalue weighted by molar-refractivity contribution is 5.90. The third kappa shape index (κ3) is 1.63. The van der Waals surface area contributed by atoms with Crippen molar-refractivity contribution in [2.45, 2.75) is 72.3 Å². The quantitative estimate of drug-likeness (QED) is 0.683. The van der Waals surface area contributed by atoms with Gasteiger partial charge in [-0.25, -0.2) is 0 Å². The summed E-state index contributed by atoms with van der Waals surface area (Å²) < 4.78 is 0. The highest BCUT2D eigenvalue weighted by atomic mass is 16.3. The first kappa shape index (κ1) is 14.9. The van der Waals surface area contributed by atoms with Crippen LogP contribution in [0.5, 0.6) is 0 Å². The van der Waals surface area contributed by atoms with E-state index in [9.17, 15) is 9.90 Å². The Balaban J connectivity index is 1.82. The Bertz CT molecular complexity index is 562. The molecule has 0 amide bonds. The van der Waals surface area contributed by atoms with Crippen LogP contribution in [0.3, 0.4) is 0 Å². The molecule has 4 rings (SSSR count). The van der Waals surface area contributed by atoms with Crippen molar-refractivity contribution in [2.75, 3.05) is 0 Å². The van der Waals surface area contributed by atoms with Gasteiger partial charge in [-0.3, -0.25) is 4.79 Å². The fourth-order valence-corrected chi connectivity index (χ4v) is 7.25. The number of rotatable bonds is 0. The summed E-state index contributed by atoms with van der Waals surface area (Å²) in [5, 5.41) is 10.5. The maximum absolute atomic E-state index is 13.1. The van der Waals surface area contributed by atoms with E-state index in [1.165, 1.54) is 19.3 Å². The van der Waals surface area contributed by atoms with Gasteiger partial charge in [0.15, 0.2) is 5.78 Å². The van der Waals surface area contributed by atoms with Crippen molar-refractivity contribution in [3.05, 3.63) is 12.2 Å². The molecule has 3 fully saturated rings. The van der Waals surface area contributed by atoms with Crippen molar-refractivity contribution in [3.63, 3.8) is 0 Å². The third-order valence-corrected chi connectivity index (χ3v) is 8.09. The Morgan fingerprint density at radius 3 is 2.45 bits per heavy atom. The smallest absolute Gasteiger partial charge is 0.167 e. The minimum Gasteiger partial charge on any atom is -0.385 e. The molecule has 4 aliphatic carbocycles. The van der Waals surface area contributed by atoms with Gasteiger partial charge in [-0.2, -0.15) is 0 Å². The lowest BCUT2D eigenvalue weighted by Crippen LogP contribution is -2.63. The zero-order valence-electron chi connectivity index (χ0n) is 14.5. The lowest BCUT2D eigenvalue weighted by Gasteiger charge is -2.63. The average Bonchev–Trinajstić information content (AvgIpc) is 2.66. The van der Waals surface area contributed by atoms with E-state index >= 15 is 0 Å². The topological polar surface area (TPSA) is 37.3 Å². The summed E-state index contributed by atoms with van der Waals surface area (Å²) in [4.78, 5) is 13.1. The van der Waals surface area contributed by atoms with Crippen LogP contribution in [0.1, 0.15) is 66.2 Å². The molecule has 2 bridgehead atoms. The number of carbonyl (C=O) groups is 1. The maximum Gasteiger partial charge on any atom is 0.167 e. The van der Waals surface area contributed by atoms with Crippen molar-refractivity contribution < 1.29 is 9.90 Å². The Morgan fingerprint density at radius 2 is 1.73 bits per heavy atom. The molecule has 1 spiro atoms. The largest absolute Gasteiger partial charge is 0.385 e. The van der Waals surface area contributed by atoms with E-state index in [0.717, 1.165) is 12.8 Å². The first-order valence-corrected chi connectivity index (χ1v) is 9.06. The van der Waals surface area contributed by atoms with Gasteiger partial charge in [0.25, 0.3) is 0 Å². The molecule has 0 aromatic rings. The summed E-state index contributed by atoms with van der Waals surface area (Å²) >= 11 is 0. The summed E-state index contributed by atoms with van der Waals surface area (Å²) in [6.07, 6.45) is 10.7. The molecule has 0 aromatic heterocycles. The summed E-state index contributed by atoms with van der Waals surface area (Å²) in [6.45, 7) is 9.11. The summed E-state index contributed by atoms with van der Waals surface area (Å²) in [5.41, 5.74) is 0.300. The zero-order chi connectivity index (χ0) is 16.0. The lowest BCUT2D eigenvalue weighted by atomic mass is 9.40. The van der Waals surface area contributed by atoms with E-state index in [2.05, 4.69) is 39.8 Å². The Kier molecular flexibility index (Phi) is 2.76. The molecule has 0 aliphatic heterocycles. The van der Waals surface area contributed by atoms with E-state index in [-0.39, 0.29) is 22.0 Å². The Morgan fingerprint density at radius 1 is 1.05 bits per heavy atom. The van der Waals surface area contributed by atoms with Crippen LogP contribution in [0, 0.1) is 33.5 Å². The van der Waals surface area contributed by atoms with Gasteiger partial charge in [-0.05, 0) is 66.6 Å². The predicted octanol–water partition coefficient (Wildman–Crippen LogP) is 4.13. The normalized spacial score (nSPS) is 55.7. The first-order valence-electron chi connectivity index (χ1n) is 9.06. The number of ketones is 1. The van der Waals surface area contributed by atoms with Gasteiger partial charge in [-0.1, -0.05) is 39.8 Å². The van der Waals surface area contributed by atoms with Crippen LogP contribution < -0.4 is 0 Å². The third-order valence-electron chi connectivity index (χ3n) is 8.09. The molecule has 1 N–H and O–H groups in total. The molecule has 0 heterocycles. The van der Waals surface area contributed by atoms with Gasteiger partial charge in [0, 0.05) is 5.41 Å². The van der Waals surface area contributed by atoms with Crippen molar-refractivity contribution in [3.8, 4) is 0 Å². The standard InChI is InChI=1S/C20H30O2/c1-17(2)11-13(21)16(22)19(4)14(17)6-8-20-10-9-18(3,12-20)7-5-15(19)20/h9-10,13-15,21H,5-8,11-12H2,1-4H3/t13-,14-,15+,18-,19-,20+/m1/s1. The average molecular weight is 302 g/mol. The highest BCUT2D eigenvalue weighted by Gasteiger charge is 2.67. The van der Waals surface area contributed by atoms with Crippen LogP contribution in [0.15, 0.2) is 12.2 Å². The van der Waals surface area contributed by atoms with Gasteiger partial charge >= 0.3 is 0 Å². The van der Waals surface area contributed by atoms with Gasteiger partial charge in [0.2, 0.25) is 0 Å². The van der Waals surface area contributed by atoms with Gasteiger partial charge in [0.1, 0.15) is 6.10 Å². The zero-order valence-corrected chi connectivity index (χ0v) is 14.5. The molecule has 3 saturated carbocycles. The number of hydrogen-bond acceptors (Lipinski definition) is 2. The van der Waals surface area contributed by atoms with Gasteiger partial charge in [-0.15, -0.1) is 0 Å². The van der Waals surface area contributed by atoms with Crippen LogP contribution in [0.4, 0.5) is 0 Å². The fraction of sp³-hybridized carbons (Fsp3) is 0.850. The predicted molar refractivity (Wildman–Crippen MR) is 87.3 cm³/mol. The lowest BCUT2D eigenvalue weighted by molar-refractivity contribution is -0.183. The van der Waals surface area contributed by atoms with Crippen LogP contribution in [-0.4, -0.2) is 17.0 Å². The van der Waals surface area contributed by atoms with E-state index in [1.54, 1.807) is 0 Å². The van der Waals surface area contributed by atoms with Crippen molar-refractivity contribution >= 4 is 5.78 Å². The second-order valence-corrected chi connectivity index (χ2v) is 9.94. The number of allylic oxidation sites excluding steroid dienone is 2. The minimum atomic E-state index is -0.759. The molecule has 0 unspecified atom stereocenters. The molecule has 4 aliphatic rings. The van der Waals surface area contributed by atoms with Crippen molar-refractivity contribution in [1.82, 2.24) is 0 Å². The number of aliphatic hydroxyl groups is 1.